The first-order valence-corrected chi connectivity index (χ1v) is 12.8. The normalized spacial score (nSPS) is 19.6. The largest absolute Gasteiger partial charge is 0.438 e. The average molecular weight is 477 g/mol. The minimum absolute atomic E-state index is 0.0208. The molecule has 184 valence electrons. The van der Waals surface area contributed by atoms with Gasteiger partial charge in [-0.2, -0.15) is 0 Å². The maximum atomic E-state index is 11.9. The summed E-state index contributed by atoms with van der Waals surface area (Å²) in [4.78, 5) is 27.3. The first-order chi connectivity index (χ1) is 15.7. The Bertz CT molecular complexity index is 854. The van der Waals surface area contributed by atoms with Gasteiger partial charge in [0.15, 0.2) is 5.60 Å². The van der Waals surface area contributed by atoms with Crippen LogP contribution in [0.3, 0.4) is 0 Å². The van der Waals surface area contributed by atoms with Crippen LogP contribution >= 0.6 is 11.3 Å². The minimum atomic E-state index is -0.372. The van der Waals surface area contributed by atoms with Crippen LogP contribution in [0, 0.1) is 5.92 Å². The Kier molecular flexibility index (Phi) is 10.6. The molecule has 6 nitrogen and oxygen atoms in total. The number of likely N-dealkylation sites (tertiary alicyclic amines) is 1. The predicted molar refractivity (Wildman–Crippen MR) is 137 cm³/mol. The highest BCUT2D eigenvalue weighted by molar-refractivity contribution is 7.15. The molecule has 0 aromatic carbocycles. The number of allylic oxidation sites excluding steroid dienone is 2. The van der Waals surface area contributed by atoms with Crippen LogP contribution in [0.4, 0.5) is 4.79 Å². The van der Waals surface area contributed by atoms with Crippen LogP contribution in [0.2, 0.25) is 0 Å². The van der Waals surface area contributed by atoms with E-state index in [2.05, 4.69) is 51.2 Å². The molecule has 2 amide bonds. The Hall–Kier alpha value is -2.12. The third-order valence-corrected chi connectivity index (χ3v) is 6.76. The van der Waals surface area contributed by atoms with E-state index in [-0.39, 0.29) is 17.6 Å². The van der Waals surface area contributed by atoms with Crippen LogP contribution in [-0.4, -0.2) is 55.3 Å². The van der Waals surface area contributed by atoms with E-state index in [1.807, 2.05) is 19.9 Å². The molecule has 0 aliphatic carbocycles. The molecule has 0 saturated carbocycles. The maximum absolute atomic E-state index is 11.9. The number of hydrogen-bond donors (Lipinski definition) is 1. The monoisotopic (exact) mass is 476 g/mol. The van der Waals surface area contributed by atoms with Crippen molar-refractivity contribution in [1.82, 2.24) is 10.2 Å². The fraction of sp³-hybridized carbons (Fsp3) is 0.615. The van der Waals surface area contributed by atoms with E-state index >= 15 is 0 Å². The topological polar surface area (TPSA) is 67.9 Å². The van der Waals surface area contributed by atoms with Crippen molar-refractivity contribution in [2.24, 2.45) is 5.92 Å². The zero-order valence-corrected chi connectivity index (χ0v) is 21.8. The van der Waals surface area contributed by atoms with E-state index < -0.39 is 0 Å². The highest BCUT2D eigenvalue weighted by atomic mass is 32.1. The van der Waals surface area contributed by atoms with Crippen molar-refractivity contribution in [2.75, 3.05) is 32.8 Å². The Balaban J connectivity index is 0.000000243. The molecule has 1 unspecified atom stereocenters. The summed E-state index contributed by atoms with van der Waals surface area (Å²) >= 11 is 1.56. The van der Waals surface area contributed by atoms with E-state index in [0.717, 1.165) is 47.7 Å². The average Bonchev–Trinajstić information content (AvgIpc) is 3.38. The number of carbonyl (C=O) groups excluding carboxylic acids is 2. The van der Waals surface area contributed by atoms with Gasteiger partial charge in [0.2, 0.25) is 0 Å². The van der Waals surface area contributed by atoms with Gasteiger partial charge in [-0.15, -0.1) is 11.3 Å². The number of nitrogens with one attached hydrogen (secondary N) is 1. The summed E-state index contributed by atoms with van der Waals surface area (Å²) in [6.45, 7) is 15.8. The summed E-state index contributed by atoms with van der Waals surface area (Å²) in [5.74, 6) is 0.625. The maximum Gasteiger partial charge on any atom is 0.410 e. The second kappa shape index (κ2) is 12.9. The van der Waals surface area contributed by atoms with Crippen molar-refractivity contribution < 1.29 is 19.1 Å². The zero-order valence-electron chi connectivity index (χ0n) is 21.0. The van der Waals surface area contributed by atoms with E-state index in [0.29, 0.717) is 25.7 Å². The second-order valence-electron chi connectivity index (χ2n) is 9.10. The molecule has 0 radical (unpaired) electrons. The first kappa shape index (κ1) is 27.1. The second-order valence-corrected chi connectivity index (χ2v) is 10.2. The van der Waals surface area contributed by atoms with Crippen molar-refractivity contribution in [2.45, 2.75) is 66.4 Å². The molecule has 33 heavy (non-hydrogen) atoms. The molecular weight excluding hydrogens is 436 g/mol. The van der Waals surface area contributed by atoms with Crippen molar-refractivity contribution in [3.8, 4) is 0 Å². The van der Waals surface area contributed by atoms with Gasteiger partial charge in [-0.1, -0.05) is 38.5 Å². The molecule has 2 saturated heterocycles. The molecule has 1 atom stereocenters. The molecule has 0 spiro atoms. The fourth-order valence-corrected chi connectivity index (χ4v) is 4.43. The summed E-state index contributed by atoms with van der Waals surface area (Å²) in [5.41, 5.74) is 2.10. The van der Waals surface area contributed by atoms with E-state index in [9.17, 15) is 9.59 Å². The molecule has 0 bridgehead atoms. The Labute approximate surface area is 203 Å². The smallest absolute Gasteiger partial charge is 0.410 e. The Morgan fingerprint density at radius 2 is 2.06 bits per heavy atom. The zero-order chi connectivity index (χ0) is 24.4. The summed E-state index contributed by atoms with van der Waals surface area (Å²) in [5, 5.41) is 2.85. The van der Waals surface area contributed by atoms with Crippen molar-refractivity contribution in [3.63, 3.8) is 0 Å². The number of hydrogen-bond acceptors (Lipinski definition) is 5. The fourth-order valence-electron chi connectivity index (χ4n) is 3.44. The SMILES string of the molecule is CC/C=C/c1sc(C(=O)NCC)cc1/C=C(\C)CC.CC1CCN(C(=O)OC2(C)COC2)C1. The van der Waals surface area contributed by atoms with Gasteiger partial charge >= 0.3 is 6.09 Å². The molecule has 1 aromatic rings. The minimum Gasteiger partial charge on any atom is -0.438 e. The van der Waals surface area contributed by atoms with Crippen LogP contribution < -0.4 is 5.32 Å². The van der Waals surface area contributed by atoms with Crippen LogP contribution in [0.1, 0.15) is 80.9 Å². The Morgan fingerprint density at radius 3 is 2.58 bits per heavy atom. The number of carbonyl (C=O) groups is 2. The van der Waals surface area contributed by atoms with Crippen LogP contribution in [0.15, 0.2) is 17.7 Å². The number of amides is 2. The van der Waals surface area contributed by atoms with E-state index in [4.69, 9.17) is 9.47 Å². The van der Waals surface area contributed by atoms with Crippen molar-refractivity contribution >= 4 is 35.5 Å². The summed E-state index contributed by atoms with van der Waals surface area (Å²) in [7, 11) is 0. The molecule has 1 aromatic heterocycles. The third kappa shape index (κ3) is 8.31. The molecule has 2 aliphatic heterocycles. The number of rotatable bonds is 7. The van der Waals surface area contributed by atoms with E-state index in [1.165, 1.54) is 5.57 Å². The summed E-state index contributed by atoms with van der Waals surface area (Å²) in [6.07, 6.45) is 9.36. The predicted octanol–water partition coefficient (Wildman–Crippen LogP) is 5.99. The molecule has 2 fully saturated rings. The van der Waals surface area contributed by atoms with Crippen LogP contribution in [0.5, 0.6) is 0 Å². The molecular formula is C26H40N2O4S. The molecule has 7 heteroatoms. The van der Waals surface area contributed by atoms with Crippen molar-refractivity contribution in [3.05, 3.63) is 33.0 Å². The lowest BCUT2D eigenvalue weighted by molar-refractivity contribution is -0.171. The van der Waals surface area contributed by atoms with Gasteiger partial charge in [0, 0.05) is 24.5 Å². The lowest BCUT2D eigenvalue weighted by Gasteiger charge is -2.38. The van der Waals surface area contributed by atoms with Gasteiger partial charge in [-0.05, 0) is 63.7 Å². The van der Waals surface area contributed by atoms with Gasteiger partial charge < -0.3 is 19.7 Å². The summed E-state index contributed by atoms with van der Waals surface area (Å²) in [6, 6.07) is 1.99. The van der Waals surface area contributed by atoms with E-state index in [1.54, 1.807) is 16.2 Å². The number of ether oxygens (including phenoxy) is 2. The third-order valence-electron chi connectivity index (χ3n) is 5.65. The van der Waals surface area contributed by atoms with Gasteiger partial charge in [-0.3, -0.25) is 4.79 Å². The Morgan fingerprint density at radius 1 is 1.33 bits per heavy atom. The standard InChI is InChI=1S/C16H23NOS.C10H17NO3/c1-5-8-9-14-13(10-12(4)6-2)11-15(19-14)16(18)17-7-3;1-8-3-4-11(5-8)9(12)14-10(2)6-13-7-10/h8-11H,5-7H2,1-4H3,(H,17,18);8H,3-7H2,1-2H3/b9-8+,12-10+;. The highest BCUT2D eigenvalue weighted by Gasteiger charge is 2.39. The number of thiophene rings is 1. The van der Waals surface area contributed by atoms with Crippen LogP contribution in [-0.2, 0) is 9.47 Å². The lowest BCUT2D eigenvalue weighted by atomic mass is 10.1. The number of nitrogens with zero attached hydrogens (tertiary/aromatic N) is 1. The van der Waals surface area contributed by atoms with Crippen LogP contribution in [0.25, 0.3) is 12.2 Å². The van der Waals surface area contributed by atoms with Gasteiger partial charge in [0.25, 0.3) is 5.91 Å². The molecule has 1 N–H and O–H groups in total. The quantitative estimate of drug-likeness (QED) is 0.525. The summed E-state index contributed by atoms with van der Waals surface area (Å²) < 4.78 is 10.4. The van der Waals surface area contributed by atoms with Crippen molar-refractivity contribution in [1.29, 1.82) is 0 Å². The lowest BCUT2D eigenvalue weighted by Crippen LogP contribution is -2.52. The molecule has 3 rings (SSSR count). The molecule has 2 aliphatic rings. The molecule has 3 heterocycles. The van der Waals surface area contributed by atoms with Gasteiger partial charge in [0.1, 0.15) is 0 Å². The van der Waals surface area contributed by atoms with Gasteiger partial charge in [0.05, 0.1) is 18.1 Å². The highest BCUT2D eigenvalue weighted by Crippen LogP contribution is 2.27. The van der Waals surface area contributed by atoms with Gasteiger partial charge in [-0.25, -0.2) is 4.79 Å². The first-order valence-electron chi connectivity index (χ1n) is 12.0.